The summed E-state index contributed by atoms with van der Waals surface area (Å²) in [5.41, 5.74) is 5.41. The average molecular weight is 378 g/mol. The fraction of sp³-hybridized carbons (Fsp3) is 0.318. The number of aryl methyl sites for hydroxylation is 1. The Balaban J connectivity index is 0.000000932. The van der Waals surface area contributed by atoms with Crippen LogP contribution in [0.5, 0.6) is 5.75 Å². The van der Waals surface area contributed by atoms with Crippen LogP contribution in [-0.2, 0) is 22.7 Å². The molecule has 3 aromatic rings. The van der Waals surface area contributed by atoms with E-state index in [0.717, 1.165) is 39.0 Å². The zero-order valence-corrected chi connectivity index (χ0v) is 16.4. The first-order valence-corrected chi connectivity index (χ1v) is 9.51. The molecule has 0 saturated carbocycles. The molecule has 0 amide bonds. The molecule has 0 spiro atoms. The molecule has 28 heavy (non-hydrogen) atoms. The molecule has 1 N–H and O–H groups in total. The number of hydrogen-bond acceptors (Lipinski definition) is 5. The molecule has 1 atom stereocenters. The maximum atomic E-state index is 13.0. The van der Waals surface area contributed by atoms with Gasteiger partial charge in [0.05, 0.1) is 34.9 Å². The molecule has 6 nitrogen and oxygen atoms in total. The highest BCUT2D eigenvalue weighted by Gasteiger charge is 2.33. The molecule has 1 unspecified atom stereocenters. The Bertz CT molecular complexity index is 1190. The predicted molar refractivity (Wildman–Crippen MR) is 107 cm³/mol. The number of benzene rings is 1. The number of phenolic OH excluding ortho intramolecular Hbond substituents is 1. The summed E-state index contributed by atoms with van der Waals surface area (Å²) in [6.07, 6.45) is 0. The Kier molecular flexibility index (Phi) is 4.22. The summed E-state index contributed by atoms with van der Waals surface area (Å²) in [4.78, 5) is 29.6. The van der Waals surface area contributed by atoms with Crippen molar-refractivity contribution >= 4 is 16.9 Å². The number of carbonyl (C=O) groups is 1. The molecule has 4 heterocycles. The van der Waals surface area contributed by atoms with Gasteiger partial charge in [-0.3, -0.25) is 9.59 Å². The van der Waals surface area contributed by atoms with E-state index < -0.39 is 5.92 Å². The van der Waals surface area contributed by atoms with E-state index >= 15 is 0 Å². The van der Waals surface area contributed by atoms with Crippen LogP contribution >= 0.6 is 0 Å². The molecule has 1 aromatic carbocycles. The first kappa shape index (κ1) is 18.2. The minimum Gasteiger partial charge on any atom is -0.508 e. The first-order valence-electron chi connectivity index (χ1n) is 9.51. The molecule has 5 rings (SSSR count). The topological polar surface area (TPSA) is 81.4 Å². The number of aromatic nitrogens is 2. The Hall–Kier alpha value is -3.15. The molecule has 0 fully saturated rings. The molecular weight excluding hydrogens is 356 g/mol. The van der Waals surface area contributed by atoms with Crippen molar-refractivity contribution in [3.05, 3.63) is 56.9 Å². The van der Waals surface area contributed by atoms with E-state index in [9.17, 15) is 14.7 Å². The fourth-order valence-corrected chi connectivity index (χ4v) is 4.00. The van der Waals surface area contributed by atoms with Crippen LogP contribution < -0.4 is 5.56 Å². The van der Waals surface area contributed by atoms with Crippen LogP contribution in [0, 0.1) is 6.92 Å². The largest absolute Gasteiger partial charge is 0.508 e. The van der Waals surface area contributed by atoms with Gasteiger partial charge in [0.1, 0.15) is 12.4 Å². The lowest BCUT2D eigenvalue weighted by Gasteiger charge is -2.22. The van der Waals surface area contributed by atoms with E-state index in [1.807, 2.05) is 26.8 Å². The average Bonchev–Trinajstić information content (AvgIpc) is 3.07. The van der Waals surface area contributed by atoms with Gasteiger partial charge in [-0.15, -0.1) is 0 Å². The summed E-state index contributed by atoms with van der Waals surface area (Å²) in [7, 11) is 0. The van der Waals surface area contributed by atoms with Gasteiger partial charge < -0.3 is 14.4 Å². The summed E-state index contributed by atoms with van der Waals surface area (Å²) >= 11 is 0. The van der Waals surface area contributed by atoms with Crippen molar-refractivity contribution in [1.29, 1.82) is 0 Å². The summed E-state index contributed by atoms with van der Waals surface area (Å²) < 4.78 is 6.84. The van der Waals surface area contributed by atoms with E-state index in [4.69, 9.17) is 9.72 Å². The fourth-order valence-electron chi connectivity index (χ4n) is 4.00. The van der Waals surface area contributed by atoms with Crippen molar-refractivity contribution in [1.82, 2.24) is 9.55 Å². The molecule has 0 saturated heterocycles. The molecule has 0 aliphatic carbocycles. The molecule has 2 aromatic heterocycles. The van der Waals surface area contributed by atoms with Crippen LogP contribution in [0.25, 0.3) is 22.3 Å². The van der Waals surface area contributed by atoms with Crippen LogP contribution in [-0.4, -0.2) is 20.6 Å². The smallest absolute Gasteiger partial charge is 0.313 e. The number of esters is 1. The van der Waals surface area contributed by atoms with Gasteiger partial charge in [-0.05, 0) is 49.2 Å². The van der Waals surface area contributed by atoms with Gasteiger partial charge in [0.15, 0.2) is 0 Å². The summed E-state index contributed by atoms with van der Waals surface area (Å²) in [5.74, 6) is -0.576. The third kappa shape index (κ3) is 2.44. The van der Waals surface area contributed by atoms with E-state index in [-0.39, 0.29) is 23.9 Å². The Morgan fingerprint density at radius 3 is 2.68 bits per heavy atom. The van der Waals surface area contributed by atoms with Gasteiger partial charge in [0.25, 0.3) is 5.56 Å². The second-order valence-corrected chi connectivity index (χ2v) is 6.95. The molecule has 0 radical (unpaired) electrons. The normalized spacial score (nSPS) is 16.6. The number of rotatable bonds is 0. The number of carbonyl (C=O) groups excluding carboxylic acids is 1. The maximum Gasteiger partial charge on any atom is 0.313 e. The summed E-state index contributed by atoms with van der Waals surface area (Å²) in [6.45, 7) is 8.20. The minimum absolute atomic E-state index is 0.0240. The number of ether oxygens (including phenoxy) is 1. The number of pyridine rings is 2. The lowest BCUT2D eigenvalue weighted by atomic mass is 9.94. The van der Waals surface area contributed by atoms with Crippen molar-refractivity contribution in [3.63, 3.8) is 0 Å². The third-order valence-corrected chi connectivity index (χ3v) is 5.53. The second-order valence-electron chi connectivity index (χ2n) is 6.95. The number of phenols is 1. The molecule has 6 heteroatoms. The molecule has 2 aliphatic rings. The maximum absolute atomic E-state index is 13.0. The molecule has 0 bridgehead atoms. The zero-order valence-electron chi connectivity index (χ0n) is 16.4. The van der Waals surface area contributed by atoms with Crippen LogP contribution in [0.1, 0.15) is 48.9 Å². The Morgan fingerprint density at radius 2 is 1.93 bits per heavy atom. The molecule has 144 valence electrons. The van der Waals surface area contributed by atoms with Crippen LogP contribution in [0.15, 0.2) is 29.1 Å². The number of nitrogens with zero attached hydrogens (tertiary/aromatic N) is 2. The van der Waals surface area contributed by atoms with E-state index in [2.05, 4.69) is 0 Å². The van der Waals surface area contributed by atoms with Gasteiger partial charge in [0, 0.05) is 10.9 Å². The zero-order chi connectivity index (χ0) is 20.2. The van der Waals surface area contributed by atoms with Crippen LogP contribution in [0.2, 0.25) is 0 Å². The lowest BCUT2D eigenvalue weighted by molar-refractivity contribution is -0.147. The van der Waals surface area contributed by atoms with E-state index in [0.29, 0.717) is 12.1 Å². The van der Waals surface area contributed by atoms with Gasteiger partial charge in [0.2, 0.25) is 0 Å². The Labute approximate surface area is 162 Å². The predicted octanol–water partition coefficient (Wildman–Crippen LogP) is 3.63. The number of aromatic hydroxyl groups is 1. The van der Waals surface area contributed by atoms with E-state index in [1.165, 1.54) is 0 Å². The minimum atomic E-state index is -0.458. The van der Waals surface area contributed by atoms with Crippen molar-refractivity contribution in [3.8, 4) is 17.1 Å². The van der Waals surface area contributed by atoms with E-state index in [1.54, 1.807) is 29.7 Å². The quantitative estimate of drug-likeness (QED) is 0.473. The van der Waals surface area contributed by atoms with Crippen LogP contribution in [0.3, 0.4) is 0 Å². The second kappa shape index (κ2) is 6.48. The SMILES string of the molecule is CC.Cc1c2c(nc3ccc(O)cc13)-c1cc3c(c(=O)n1C2)COC(=O)C3C. The van der Waals surface area contributed by atoms with Crippen LogP contribution in [0.4, 0.5) is 0 Å². The number of hydrogen-bond donors (Lipinski definition) is 1. The first-order chi connectivity index (χ1) is 13.5. The van der Waals surface area contributed by atoms with Crippen molar-refractivity contribution in [2.75, 3.05) is 0 Å². The van der Waals surface area contributed by atoms with Crippen molar-refractivity contribution < 1.29 is 14.6 Å². The number of cyclic esters (lactones) is 1. The van der Waals surface area contributed by atoms with Gasteiger partial charge >= 0.3 is 5.97 Å². The monoisotopic (exact) mass is 378 g/mol. The highest BCUT2D eigenvalue weighted by Crippen LogP contribution is 2.38. The standard InChI is InChI=1S/C20H16N2O4.C2H6/c1-9-13-5-11(23)3-4-16(13)21-18-14(9)7-22-17(18)6-12-10(2)20(25)26-8-15(12)19(22)24;1-2/h3-6,10,23H,7-8H2,1-2H3;1-2H3. The van der Waals surface area contributed by atoms with Gasteiger partial charge in [-0.1, -0.05) is 13.8 Å². The Morgan fingerprint density at radius 1 is 1.18 bits per heavy atom. The lowest BCUT2D eigenvalue weighted by Crippen LogP contribution is -2.31. The van der Waals surface area contributed by atoms with Crippen molar-refractivity contribution in [2.24, 2.45) is 0 Å². The van der Waals surface area contributed by atoms with Gasteiger partial charge in [-0.2, -0.15) is 0 Å². The molecular formula is C22H22N2O4. The summed E-state index contributed by atoms with van der Waals surface area (Å²) in [6, 6.07) is 6.99. The highest BCUT2D eigenvalue weighted by atomic mass is 16.5. The third-order valence-electron chi connectivity index (χ3n) is 5.53. The summed E-state index contributed by atoms with van der Waals surface area (Å²) in [5, 5.41) is 10.7. The van der Waals surface area contributed by atoms with Crippen molar-refractivity contribution in [2.45, 2.75) is 46.8 Å². The highest BCUT2D eigenvalue weighted by molar-refractivity contribution is 5.89. The molecule has 2 aliphatic heterocycles. The number of fused-ring (bicyclic) bond motifs is 5. The van der Waals surface area contributed by atoms with Gasteiger partial charge in [-0.25, -0.2) is 4.98 Å².